The molecule has 16 heavy (non-hydrogen) atoms. The van der Waals surface area contributed by atoms with Gasteiger partial charge in [-0.3, -0.25) is 0 Å². The van der Waals surface area contributed by atoms with E-state index in [1.54, 1.807) is 0 Å². The predicted molar refractivity (Wildman–Crippen MR) is 72.5 cm³/mol. The second-order valence-corrected chi connectivity index (χ2v) is 4.58. The summed E-state index contributed by atoms with van der Waals surface area (Å²) in [5, 5.41) is 3.37. The Bertz CT molecular complexity index is 116. The first-order chi connectivity index (χ1) is 7.85. The van der Waals surface area contributed by atoms with Gasteiger partial charge in [-0.25, -0.2) is 0 Å². The lowest BCUT2D eigenvalue weighted by atomic mass is 9.93. The van der Waals surface area contributed by atoms with E-state index in [-0.39, 0.29) is 0 Å². The Kier molecular flexibility index (Phi) is 12.9. The van der Waals surface area contributed by atoms with Gasteiger partial charge in [0.15, 0.2) is 0 Å². The lowest BCUT2D eigenvalue weighted by Gasteiger charge is -2.15. The Morgan fingerprint density at radius 3 is 2.25 bits per heavy atom. The van der Waals surface area contributed by atoms with E-state index in [9.17, 15) is 0 Å². The molecule has 0 aliphatic rings. The fraction of sp³-hybridized carbons (Fsp3) is 1.00. The summed E-state index contributed by atoms with van der Waals surface area (Å²) < 4.78 is 0. The van der Waals surface area contributed by atoms with Gasteiger partial charge in [0.25, 0.3) is 0 Å². The highest BCUT2D eigenvalue weighted by molar-refractivity contribution is 4.62. The van der Waals surface area contributed by atoms with E-state index in [4.69, 9.17) is 11.5 Å². The highest BCUT2D eigenvalue weighted by Gasteiger charge is 2.07. The van der Waals surface area contributed by atoms with Crippen LogP contribution in [-0.4, -0.2) is 26.2 Å². The molecule has 3 heteroatoms. The minimum atomic E-state index is 0.835. The zero-order valence-corrected chi connectivity index (χ0v) is 11.0. The summed E-state index contributed by atoms with van der Waals surface area (Å²) in [6, 6.07) is 0. The Balaban J connectivity index is 3.45. The molecule has 0 heterocycles. The van der Waals surface area contributed by atoms with Gasteiger partial charge in [0.1, 0.15) is 0 Å². The van der Waals surface area contributed by atoms with Gasteiger partial charge in [0, 0.05) is 0 Å². The Hall–Kier alpha value is -0.120. The van der Waals surface area contributed by atoms with E-state index in [1.807, 2.05) is 0 Å². The molecule has 0 spiro atoms. The lowest BCUT2D eigenvalue weighted by Crippen LogP contribution is -2.16. The van der Waals surface area contributed by atoms with Crippen LogP contribution in [0, 0.1) is 5.92 Å². The maximum Gasteiger partial charge on any atom is -0.00489 e. The molecule has 0 aromatic rings. The number of hydrogen-bond acceptors (Lipinski definition) is 3. The topological polar surface area (TPSA) is 64.1 Å². The molecule has 98 valence electrons. The van der Waals surface area contributed by atoms with Crippen LogP contribution in [0.1, 0.15) is 51.9 Å². The van der Waals surface area contributed by atoms with Crippen LogP contribution in [0.25, 0.3) is 0 Å². The van der Waals surface area contributed by atoms with E-state index >= 15 is 0 Å². The van der Waals surface area contributed by atoms with Crippen molar-refractivity contribution < 1.29 is 0 Å². The van der Waals surface area contributed by atoms with E-state index in [0.717, 1.165) is 32.1 Å². The molecule has 0 aliphatic heterocycles. The molecule has 0 fully saturated rings. The molecular formula is C13H31N3. The van der Waals surface area contributed by atoms with E-state index in [0.29, 0.717) is 0 Å². The number of nitrogens with two attached hydrogens (primary N) is 2. The van der Waals surface area contributed by atoms with Gasteiger partial charge in [-0.1, -0.05) is 26.2 Å². The third kappa shape index (κ3) is 10.4. The fourth-order valence-corrected chi connectivity index (χ4v) is 2.12. The summed E-state index contributed by atoms with van der Waals surface area (Å²) in [6.07, 6.45) is 8.92. The van der Waals surface area contributed by atoms with Crippen LogP contribution in [0.4, 0.5) is 0 Å². The van der Waals surface area contributed by atoms with Crippen LogP contribution >= 0.6 is 0 Å². The van der Waals surface area contributed by atoms with Crippen LogP contribution < -0.4 is 16.8 Å². The second-order valence-electron chi connectivity index (χ2n) is 4.58. The fourth-order valence-electron chi connectivity index (χ4n) is 2.12. The maximum atomic E-state index is 5.65. The van der Waals surface area contributed by atoms with Crippen molar-refractivity contribution in [1.82, 2.24) is 5.32 Å². The molecule has 0 saturated heterocycles. The van der Waals surface area contributed by atoms with Crippen molar-refractivity contribution in [3.8, 4) is 0 Å². The van der Waals surface area contributed by atoms with Crippen molar-refractivity contribution in [2.24, 2.45) is 17.4 Å². The number of nitrogens with one attached hydrogen (secondary N) is 1. The zero-order chi connectivity index (χ0) is 12.1. The van der Waals surface area contributed by atoms with Crippen molar-refractivity contribution >= 4 is 0 Å². The standard InChI is InChI=1S/C13H31N3/c1-2-16-12-6-8-13(9-11-15)7-4-3-5-10-14/h13,16H,2-12,14-15H2,1H3. The van der Waals surface area contributed by atoms with Gasteiger partial charge in [-0.2, -0.15) is 0 Å². The van der Waals surface area contributed by atoms with E-state index in [2.05, 4.69) is 12.2 Å². The molecule has 0 aliphatic carbocycles. The van der Waals surface area contributed by atoms with Gasteiger partial charge in [-0.05, 0) is 57.8 Å². The van der Waals surface area contributed by atoms with Gasteiger partial charge in [0.05, 0.1) is 0 Å². The van der Waals surface area contributed by atoms with Gasteiger partial charge in [-0.15, -0.1) is 0 Å². The monoisotopic (exact) mass is 229 g/mol. The van der Waals surface area contributed by atoms with Crippen molar-refractivity contribution in [3.63, 3.8) is 0 Å². The molecule has 0 amide bonds. The Morgan fingerprint density at radius 2 is 1.62 bits per heavy atom. The van der Waals surface area contributed by atoms with Crippen LogP contribution in [0.15, 0.2) is 0 Å². The average molecular weight is 229 g/mol. The van der Waals surface area contributed by atoms with Crippen molar-refractivity contribution in [1.29, 1.82) is 0 Å². The Labute approximate surface area is 101 Å². The summed E-state index contributed by atoms with van der Waals surface area (Å²) in [4.78, 5) is 0. The minimum Gasteiger partial charge on any atom is -0.330 e. The lowest BCUT2D eigenvalue weighted by molar-refractivity contribution is 0.391. The van der Waals surface area contributed by atoms with Crippen LogP contribution in [0.3, 0.4) is 0 Å². The van der Waals surface area contributed by atoms with Gasteiger partial charge < -0.3 is 16.8 Å². The summed E-state index contributed by atoms with van der Waals surface area (Å²) >= 11 is 0. The SMILES string of the molecule is CCNCCCC(CCN)CCCCCN. The maximum absolute atomic E-state index is 5.65. The van der Waals surface area contributed by atoms with Crippen LogP contribution in [0.5, 0.6) is 0 Å². The smallest absolute Gasteiger partial charge is 0.00489 e. The van der Waals surface area contributed by atoms with E-state index in [1.165, 1.54) is 44.9 Å². The predicted octanol–water partition coefficient (Wildman–Crippen LogP) is 1.86. The molecule has 0 radical (unpaired) electrons. The molecule has 1 unspecified atom stereocenters. The quantitative estimate of drug-likeness (QED) is 0.448. The molecule has 5 N–H and O–H groups in total. The molecule has 3 nitrogen and oxygen atoms in total. The van der Waals surface area contributed by atoms with Crippen LogP contribution in [-0.2, 0) is 0 Å². The third-order valence-electron chi connectivity index (χ3n) is 3.11. The molecule has 1 atom stereocenters. The van der Waals surface area contributed by atoms with Gasteiger partial charge >= 0.3 is 0 Å². The van der Waals surface area contributed by atoms with Gasteiger partial charge in [0.2, 0.25) is 0 Å². The number of hydrogen-bond donors (Lipinski definition) is 3. The highest BCUT2D eigenvalue weighted by Crippen LogP contribution is 2.18. The number of rotatable bonds is 12. The molecule has 0 aromatic heterocycles. The third-order valence-corrected chi connectivity index (χ3v) is 3.11. The summed E-state index contributed by atoms with van der Waals surface area (Å²) in [7, 11) is 0. The van der Waals surface area contributed by atoms with Crippen molar-refractivity contribution in [2.45, 2.75) is 51.9 Å². The van der Waals surface area contributed by atoms with Crippen molar-refractivity contribution in [2.75, 3.05) is 26.2 Å². The molecule has 0 rings (SSSR count). The van der Waals surface area contributed by atoms with Crippen LogP contribution in [0.2, 0.25) is 0 Å². The molecule has 0 aromatic carbocycles. The summed E-state index contributed by atoms with van der Waals surface area (Å²) in [5.74, 6) is 0.835. The second kappa shape index (κ2) is 12.9. The first kappa shape index (κ1) is 15.9. The first-order valence-corrected chi connectivity index (χ1v) is 6.96. The van der Waals surface area contributed by atoms with E-state index < -0.39 is 0 Å². The normalized spacial score (nSPS) is 12.9. The summed E-state index contributed by atoms with van der Waals surface area (Å²) in [6.45, 7) is 6.06. The molecule has 0 saturated carbocycles. The number of unbranched alkanes of at least 4 members (excludes halogenated alkanes) is 2. The largest absolute Gasteiger partial charge is 0.330 e. The zero-order valence-electron chi connectivity index (χ0n) is 11.0. The minimum absolute atomic E-state index is 0.835. The Morgan fingerprint density at radius 1 is 0.875 bits per heavy atom. The average Bonchev–Trinajstić information content (AvgIpc) is 2.30. The van der Waals surface area contributed by atoms with Crippen molar-refractivity contribution in [3.05, 3.63) is 0 Å². The highest BCUT2D eigenvalue weighted by atomic mass is 14.8. The summed E-state index contributed by atoms with van der Waals surface area (Å²) in [5.41, 5.74) is 11.1. The first-order valence-electron chi connectivity index (χ1n) is 6.96. The molecule has 0 bridgehead atoms. The molecular weight excluding hydrogens is 198 g/mol.